The van der Waals surface area contributed by atoms with Crippen LogP contribution < -0.4 is 10.2 Å². The van der Waals surface area contributed by atoms with Gasteiger partial charge in [0.25, 0.3) is 11.8 Å². The summed E-state index contributed by atoms with van der Waals surface area (Å²) in [6.07, 6.45) is 1.58. The molecule has 0 aliphatic carbocycles. The third kappa shape index (κ3) is 5.99. The number of carbonyl (C=O) groups is 2. The van der Waals surface area contributed by atoms with Crippen molar-refractivity contribution in [1.29, 1.82) is 0 Å². The fourth-order valence-electron chi connectivity index (χ4n) is 4.02. The van der Waals surface area contributed by atoms with Gasteiger partial charge in [-0.05, 0) is 73.2 Å². The summed E-state index contributed by atoms with van der Waals surface area (Å²) in [6, 6.07) is 22.1. The number of anilines is 2. The number of aryl methyl sites for hydroxylation is 1. The zero-order chi connectivity index (χ0) is 25.7. The number of carbonyl (C=O) groups excluding carboxylic acids is 2. The first-order chi connectivity index (χ1) is 17.3. The number of nitrogens with zero attached hydrogens (tertiary/aromatic N) is 2. The summed E-state index contributed by atoms with van der Waals surface area (Å²) in [5.74, 6) is -0.358. The third-order valence-electron chi connectivity index (χ3n) is 5.75. The van der Waals surface area contributed by atoms with Crippen LogP contribution in [0.15, 0.2) is 89.5 Å². The maximum atomic E-state index is 13.6. The average molecular weight is 486 g/mol. The number of nitrogens with one attached hydrogen (secondary N) is 1. The van der Waals surface area contributed by atoms with Gasteiger partial charge in [0.1, 0.15) is 11.6 Å². The van der Waals surface area contributed by atoms with Crippen molar-refractivity contribution in [3.8, 4) is 0 Å². The number of benzene rings is 3. The molecule has 2 amide bonds. The van der Waals surface area contributed by atoms with Crippen molar-refractivity contribution in [3.63, 3.8) is 0 Å². The van der Waals surface area contributed by atoms with Gasteiger partial charge in [0, 0.05) is 43.1 Å². The van der Waals surface area contributed by atoms with E-state index in [9.17, 15) is 14.0 Å². The highest BCUT2D eigenvalue weighted by Crippen LogP contribution is 2.26. The fourth-order valence-corrected chi connectivity index (χ4v) is 4.02. The van der Waals surface area contributed by atoms with E-state index in [0.717, 1.165) is 16.8 Å². The quantitative estimate of drug-likeness (QED) is 0.338. The first-order valence-electron chi connectivity index (χ1n) is 11.6. The summed E-state index contributed by atoms with van der Waals surface area (Å²) < 4.78 is 19.1. The molecule has 7 heteroatoms. The van der Waals surface area contributed by atoms with Crippen molar-refractivity contribution in [2.45, 2.75) is 20.0 Å². The van der Waals surface area contributed by atoms with Gasteiger partial charge in [-0.2, -0.15) is 0 Å². The molecule has 36 heavy (non-hydrogen) atoms. The summed E-state index contributed by atoms with van der Waals surface area (Å²) in [7, 11) is 3.84. The molecule has 0 bridgehead atoms. The molecule has 1 N–H and O–H groups in total. The minimum atomic E-state index is -0.477. The minimum absolute atomic E-state index is 0.131. The maximum Gasteiger partial charge on any atom is 0.255 e. The lowest BCUT2D eigenvalue weighted by atomic mass is 10.1. The van der Waals surface area contributed by atoms with E-state index in [1.807, 2.05) is 62.3 Å². The van der Waals surface area contributed by atoms with Crippen molar-refractivity contribution >= 4 is 23.2 Å². The van der Waals surface area contributed by atoms with E-state index in [2.05, 4.69) is 5.32 Å². The van der Waals surface area contributed by atoms with Crippen LogP contribution in [0.2, 0.25) is 0 Å². The molecule has 0 unspecified atom stereocenters. The summed E-state index contributed by atoms with van der Waals surface area (Å²) in [6.45, 7) is 2.51. The molecule has 0 fully saturated rings. The van der Waals surface area contributed by atoms with Gasteiger partial charge in [-0.15, -0.1) is 0 Å². The molecular weight excluding hydrogens is 457 g/mol. The van der Waals surface area contributed by atoms with Crippen molar-refractivity contribution in [1.82, 2.24) is 4.90 Å². The molecule has 0 spiro atoms. The first-order valence-corrected chi connectivity index (χ1v) is 11.6. The van der Waals surface area contributed by atoms with Crippen LogP contribution in [-0.2, 0) is 13.1 Å². The average Bonchev–Trinajstić information content (AvgIpc) is 3.36. The lowest BCUT2D eigenvalue weighted by molar-refractivity contribution is 0.0717. The Balaban J connectivity index is 1.65. The van der Waals surface area contributed by atoms with Gasteiger partial charge in [0.15, 0.2) is 0 Å². The van der Waals surface area contributed by atoms with Crippen molar-refractivity contribution in [2.75, 3.05) is 24.3 Å². The van der Waals surface area contributed by atoms with E-state index < -0.39 is 11.7 Å². The molecule has 4 aromatic rings. The Hall–Kier alpha value is -4.39. The Kier molecular flexibility index (Phi) is 7.49. The molecule has 3 aromatic carbocycles. The highest BCUT2D eigenvalue weighted by molar-refractivity contribution is 6.04. The Morgan fingerprint density at radius 3 is 2.36 bits per heavy atom. The molecule has 184 valence electrons. The van der Waals surface area contributed by atoms with Gasteiger partial charge >= 0.3 is 0 Å². The second-order valence-corrected chi connectivity index (χ2v) is 8.81. The third-order valence-corrected chi connectivity index (χ3v) is 5.75. The zero-order valence-electron chi connectivity index (χ0n) is 20.5. The van der Waals surface area contributed by atoms with Gasteiger partial charge in [-0.3, -0.25) is 9.59 Å². The van der Waals surface area contributed by atoms with Crippen LogP contribution in [0.4, 0.5) is 15.8 Å². The first kappa shape index (κ1) is 24.7. The fraction of sp³-hybridized carbons (Fsp3) is 0.172. The largest absolute Gasteiger partial charge is 0.467 e. The monoisotopic (exact) mass is 485 g/mol. The lowest BCUT2D eigenvalue weighted by Crippen LogP contribution is -2.31. The summed E-state index contributed by atoms with van der Waals surface area (Å²) in [5, 5.41) is 2.83. The topological polar surface area (TPSA) is 65.8 Å². The molecule has 0 radical (unpaired) electrons. The van der Waals surface area contributed by atoms with Crippen molar-refractivity contribution < 1.29 is 18.4 Å². The van der Waals surface area contributed by atoms with E-state index in [1.165, 1.54) is 18.2 Å². The van der Waals surface area contributed by atoms with E-state index >= 15 is 0 Å². The molecular formula is C29H28FN3O3. The number of furan rings is 1. The number of amides is 2. The number of hydrogen-bond donors (Lipinski definition) is 1. The second-order valence-electron chi connectivity index (χ2n) is 8.81. The van der Waals surface area contributed by atoms with E-state index in [1.54, 1.807) is 35.4 Å². The summed E-state index contributed by atoms with van der Waals surface area (Å²) in [5.41, 5.74) is 4.09. The SMILES string of the molecule is Cc1cccc(C(=O)N(Cc2ccco2)Cc2cc(NC(=O)c3cccc(F)c3)ccc2N(C)C)c1. The van der Waals surface area contributed by atoms with Crippen LogP contribution in [-0.4, -0.2) is 30.8 Å². The molecule has 1 heterocycles. The van der Waals surface area contributed by atoms with Crippen LogP contribution in [0.25, 0.3) is 0 Å². The molecule has 0 saturated heterocycles. The molecule has 0 atom stereocenters. The molecule has 1 aromatic heterocycles. The van der Waals surface area contributed by atoms with Gasteiger partial charge in [0.2, 0.25) is 0 Å². The van der Waals surface area contributed by atoms with Crippen molar-refractivity contribution in [3.05, 3.63) is 119 Å². The van der Waals surface area contributed by atoms with Crippen LogP contribution in [0, 0.1) is 12.7 Å². The zero-order valence-corrected chi connectivity index (χ0v) is 20.5. The van der Waals surface area contributed by atoms with Crippen LogP contribution in [0.1, 0.15) is 37.6 Å². The van der Waals surface area contributed by atoms with E-state index in [4.69, 9.17) is 4.42 Å². The number of rotatable bonds is 8. The van der Waals surface area contributed by atoms with Crippen LogP contribution in [0.3, 0.4) is 0 Å². The highest BCUT2D eigenvalue weighted by atomic mass is 19.1. The Labute approximate surface area is 210 Å². The van der Waals surface area contributed by atoms with Crippen LogP contribution in [0.5, 0.6) is 0 Å². The molecule has 6 nitrogen and oxygen atoms in total. The number of halogens is 1. The maximum absolute atomic E-state index is 13.6. The summed E-state index contributed by atoms with van der Waals surface area (Å²) >= 11 is 0. The molecule has 0 saturated carbocycles. The minimum Gasteiger partial charge on any atom is -0.467 e. The van der Waals surface area contributed by atoms with Crippen molar-refractivity contribution in [2.24, 2.45) is 0 Å². The predicted molar refractivity (Wildman–Crippen MR) is 139 cm³/mol. The Bertz CT molecular complexity index is 1370. The molecule has 0 aliphatic heterocycles. The molecule has 0 aliphatic rings. The highest BCUT2D eigenvalue weighted by Gasteiger charge is 2.20. The van der Waals surface area contributed by atoms with Crippen LogP contribution >= 0.6 is 0 Å². The van der Waals surface area contributed by atoms with Gasteiger partial charge in [-0.1, -0.05) is 23.8 Å². The Morgan fingerprint density at radius 2 is 1.67 bits per heavy atom. The normalized spacial score (nSPS) is 10.7. The smallest absolute Gasteiger partial charge is 0.255 e. The molecule has 4 rings (SSSR count). The number of hydrogen-bond acceptors (Lipinski definition) is 4. The van der Waals surface area contributed by atoms with Gasteiger partial charge < -0.3 is 19.5 Å². The predicted octanol–water partition coefficient (Wildman–Crippen LogP) is 5.89. The lowest BCUT2D eigenvalue weighted by Gasteiger charge is -2.26. The second kappa shape index (κ2) is 10.9. The van der Waals surface area contributed by atoms with E-state index in [-0.39, 0.29) is 24.6 Å². The standard InChI is InChI=1S/C29H28FN3O3/c1-20-7-4-9-22(15-20)29(35)33(19-26-11-6-14-36-26)18-23-17-25(12-13-27(23)32(2)3)31-28(34)21-8-5-10-24(30)16-21/h4-17H,18-19H2,1-3H3,(H,31,34). The van der Waals surface area contributed by atoms with Gasteiger partial charge in [-0.25, -0.2) is 4.39 Å². The van der Waals surface area contributed by atoms with Gasteiger partial charge in [0.05, 0.1) is 12.8 Å². The summed E-state index contributed by atoms with van der Waals surface area (Å²) in [4.78, 5) is 29.9. The Morgan fingerprint density at radius 1 is 0.889 bits per heavy atom. The van der Waals surface area contributed by atoms with E-state index in [0.29, 0.717) is 17.0 Å².